The van der Waals surface area contributed by atoms with Gasteiger partial charge < -0.3 is 9.47 Å². The molecule has 2 atom stereocenters. The first-order chi connectivity index (χ1) is 26.2. The smallest absolute Gasteiger partial charge is 0.168 e. The van der Waals surface area contributed by atoms with Crippen molar-refractivity contribution in [1.82, 2.24) is 9.88 Å². The summed E-state index contributed by atoms with van der Waals surface area (Å²) in [5.41, 5.74) is 4.70. The summed E-state index contributed by atoms with van der Waals surface area (Å²) >= 11 is 0. The second-order valence-corrected chi connectivity index (χ2v) is 15.4. The van der Waals surface area contributed by atoms with E-state index in [9.17, 15) is 0 Å². The van der Waals surface area contributed by atoms with Crippen LogP contribution in [0.1, 0.15) is 193 Å². The predicted molar refractivity (Wildman–Crippen MR) is 230 cm³/mol. The Balaban J connectivity index is 1.67. The fourth-order valence-electron chi connectivity index (χ4n) is 7.15. The number of rotatable bonds is 35. The first kappa shape index (κ1) is 46.9. The molecule has 1 saturated heterocycles. The summed E-state index contributed by atoms with van der Waals surface area (Å²) in [6.45, 7) is 10.6. The molecule has 0 bridgehead atoms. The van der Waals surface area contributed by atoms with E-state index in [0.29, 0.717) is 0 Å². The second kappa shape index (κ2) is 34.3. The molecule has 0 spiro atoms. The Labute approximate surface area is 328 Å². The monoisotopic (exact) mass is 731 g/mol. The van der Waals surface area contributed by atoms with Crippen molar-refractivity contribution < 1.29 is 9.47 Å². The quantitative estimate of drug-likeness (QED) is 0.0396. The van der Waals surface area contributed by atoms with Crippen LogP contribution in [0.5, 0.6) is 0 Å². The summed E-state index contributed by atoms with van der Waals surface area (Å²) in [4.78, 5) is 6.69. The number of aromatic nitrogens is 1. The van der Waals surface area contributed by atoms with Gasteiger partial charge in [-0.25, -0.2) is 0 Å². The third kappa shape index (κ3) is 26.3. The maximum Gasteiger partial charge on any atom is 0.168 e. The van der Waals surface area contributed by atoms with Gasteiger partial charge in [-0.15, -0.1) is 5.73 Å². The van der Waals surface area contributed by atoms with Crippen LogP contribution >= 0.6 is 0 Å². The Kier molecular flexibility index (Phi) is 30.3. The Morgan fingerprint density at radius 1 is 0.660 bits per heavy atom. The lowest BCUT2D eigenvalue weighted by atomic mass is 9.98. The predicted octanol–water partition coefficient (Wildman–Crippen LogP) is 14.6. The van der Waals surface area contributed by atoms with Gasteiger partial charge in [-0.3, -0.25) is 9.88 Å². The van der Waals surface area contributed by atoms with Crippen LogP contribution < -0.4 is 0 Å². The van der Waals surface area contributed by atoms with Gasteiger partial charge in [-0.05, 0) is 120 Å². The van der Waals surface area contributed by atoms with Crippen molar-refractivity contribution in [3.05, 3.63) is 84.4 Å². The van der Waals surface area contributed by atoms with Crippen LogP contribution in [0.4, 0.5) is 0 Å². The molecule has 1 aromatic rings. The van der Waals surface area contributed by atoms with Crippen LogP contribution in [0, 0.1) is 0 Å². The summed E-state index contributed by atoms with van der Waals surface area (Å²) in [7, 11) is 0. The topological polar surface area (TPSA) is 34.6 Å². The summed E-state index contributed by atoms with van der Waals surface area (Å²) < 4.78 is 13.5. The van der Waals surface area contributed by atoms with Crippen LogP contribution in [0.3, 0.4) is 0 Å². The largest absolute Gasteiger partial charge is 0.347 e. The van der Waals surface area contributed by atoms with Crippen molar-refractivity contribution in [2.24, 2.45) is 0 Å². The number of allylic oxidation sites excluding steroid dienone is 7. The molecular formula is C49H82N2O2. The number of nitrogens with zero attached hydrogens (tertiary/aromatic N) is 2. The van der Waals surface area contributed by atoms with Gasteiger partial charge in [0.05, 0.1) is 12.7 Å². The maximum absolute atomic E-state index is 6.85. The number of unbranched alkanes of at least 4 members (excludes halogenated alkanes) is 17. The Bertz CT molecular complexity index is 1100. The maximum atomic E-state index is 6.85. The van der Waals surface area contributed by atoms with Gasteiger partial charge in [0.1, 0.15) is 0 Å². The third-order valence-electron chi connectivity index (χ3n) is 10.6. The SMILES string of the molecule is CCCCC/C=C\CC=C=CCCCCCCCC1(CCCCCCCC/C=C\C/C=C\CCCCC)OCC(CCN(CC)Cc2ccncc2)O1. The molecule has 0 aromatic carbocycles. The molecule has 4 nitrogen and oxygen atoms in total. The highest BCUT2D eigenvalue weighted by Crippen LogP contribution is 2.35. The summed E-state index contributed by atoms with van der Waals surface area (Å²) in [6, 6.07) is 4.25. The Morgan fingerprint density at radius 3 is 1.81 bits per heavy atom. The van der Waals surface area contributed by atoms with Crippen LogP contribution in [0.15, 0.2) is 78.9 Å². The molecule has 1 aliphatic heterocycles. The van der Waals surface area contributed by atoms with E-state index in [1.165, 1.54) is 134 Å². The number of hydrogen-bond acceptors (Lipinski definition) is 4. The molecule has 2 rings (SSSR count). The number of pyridine rings is 1. The van der Waals surface area contributed by atoms with E-state index in [1.54, 1.807) is 0 Å². The highest BCUT2D eigenvalue weighted by atomic mass is 16.7. The molecule has 4 heteroatoms. The number of ether oxygens (including phenoxy) is 2. The molecule has 2 unspecified atom stereocenters. The summed E-state index contributed by atoms with van der Waals surface area (Å²) in [5, 5.41) is 0. The average molecular weight is 731 g/mol. The lowest BCUT2D eigenvalue weighted by Gasteiger charge is -2.29. The highest BCUT2D eigenvalue weighted by Gasteiger charge is 2.40. The van der Waals surface area contributed by atoms with E-state index in [0.717, 1.165) is 64.8 Å². The second-order valence-electron chi connectivity index (χ2n) is 15.4. The first-order valence-electron chi connectivity index (χ1n) is 22.5. The van der Waals surface area contributed by atoms with E-state index < -0.39 is 0 Å². The van der Waals surface area contributed by atoms with Gasteiger partial charge in [-0.2, -0.15) is 0 Å². The number of hydrogen-bond donors (Lipinski definition) is 0. The molecule has 0 saturated carbocycles. The van der Waals surface area contributed by atoms with Crippen LogP contribution in [-0.2, 0) is 16.0 Å². The van der Waals surface area contributed by atoms with Crippen LogP contribution in [-0.4, -0.2) is 41.5 Å². The zero-order valence-corrected chi connectivity index (χ0v) is 34.9. The van der Waals surface area contributed by atoms with Crippen molar-refractivity contribution in [3.63, 3.8) is 0 Å². The van der Waals surface area contributed by atoms with E-state index in [1.807, 2.05) is 12.4 Å². The molecule has 300 valence electrons. The molecule has 2 heterocycles. The average Bonchev–Trinajstić information content (AvgIpc) is 3.59. The lowest BCUT2D eigenvalue weighted by molar-refractivity contribution is -0.180. The molecule has 1 aromatic heterocycles. The van der Waals surface area contributed by atoms with Gasteiger partial charge in [0.2, 0.25) is 0 Å². The Hall–Kier alpha value is -2.23. The summed E-state index contributed by atoms with van der Waals surface area (Å²) in [6.07, 6.45) is 54.5. The molecule has 0 N–H and O–H groups in total. The van der Waals surface area contributed by atoms with Crippen molar-refractivity contribution in [3.8, 4) is 0 Å². The standard InChI is InChI=1S/C49H82N2O2/c1-4-7-9-11-13-15-17-19-21-23-25-27-29-31-33-35-40-49(41-36-34-32-30-28-26-24-22-20-18-16-14-12-10-8-5-2)52-46-48(53-49)39-44-51(6-3)45-47-37-42-50-43-38-47/h13-16,19-21,24,37-38,42-43,48H,4-12,17-18,23,25-36,39-41,44-46H2,1-3H3/b15-13-,16-14-,21-19-. The van der Waals surface area contributed by atoms with Crippen LogP contribution in [0.2, 0.25) is 0 Å². The minimum atomic E-state index is -0.375. The molecule has 1 fully saturated rings. The van der Waals surface area contributed by atoms with E-state index in [-0.39, 0.29) is 11.9 Å². The highest BCUT2D eigenvalue weighted by molar-refractivity contribution is 5.09. The molecular weight excluding hydrogens is 649 g/mol. The van der Waals surface area contributed by atoms with E-state index >= 15 is 0 Å². The van der Waals surface area contributed by atoms with Gasteiger partial charge >= 0.3 is 0 Å². The fraction of sp³-hybridized carbons (Fsp3) is 0.714. The van der Waals surface area contributed by atoms with Gasteiger partial charge in [-0.1, -0.05) is 128 Å². The van der Waals surface area contributed by atoms with Crippen LogP contribution in [0.25, 0.3) is 0 Å². The third-order valence-corrected chi connectivity index (χ3v) is 10.6. The molecule has 0 amide bonds. The van der Waals surface area contributed by atoms with Gasteiger partial charge in [0, 0.05) is 38.3 Å². The zero-order valence-electron chi connectivity index (χ0n) is 34.9. The van der Waals surface area contributed by atoms with Crippen molar-refractivity contribution in [2.75, 3.05) is 19.7 Å². The fourth-order valence-corrected chi connectivity index (χ4v) is 7.15. The minimum Gasteiger partial charge on any atom is -0.347 e. The summed E-state index contributed by atoms with van der Waals surface area (Å²) in [5.74, 6) is -0.375. The van der Waals surface area contributed by atoms with E-state index in [4.69, 9.17) is 9.47 Å². The zero-order chi connectivity index (χ0) is 37.8. The van der Waals surface area contributed by atoms with Crippen molar-refractivity contribution >= 4 is 0 Å². The first-order valence-corrected chi connectivity index (χ1v) is 22.5. The lowest BCUT2D eigenvalue weighted by Crippen LogP contribution is -2.32. The normalized spacial score (nSPS) is 17.5. The molecule has 0 aliphatic carbocycles. The van der Waals surface area contributed by atoms with Gasteiger partial charge in [0.25, 0.3) is 0 Å². The van der Waals surface area contributed by atoms with Crippen molar-refractivity contribution in [1.29, 1.82) is 0 Å². The minimum absolute atomic E-state index is 0.197. The molecule has 0 radical (unpaired) electrons. The molecule has 1 aliphatic rings. The molecule has 53 heavy (non-hydrogen) atoms. The van der Waals surface area contributed by atoms with Gasteiger partial charge in [0.15, 0.2) is 5.79 Å². The van der Waals surface area contributed by atoms with E-state index in [2.05, 4.69) is 97.1 Å². The Morgan fingerprint density at radius 2 is 1.21 bits per heavy atom. The van der Waals surface area contributed by atoms with Crippen molar-refractivity contribution in [2.45, 2.75) is 206 Å².